The molecule has 0 aromatic rings. The van der Waals surface area contributed by atoms with Crippen molar-refractivity contribution >= 4 is 8.81 Å². The number of allylic oxidation sites excluding steroid dienone is 1. The van der Waals surface area contributed by atoms with Gasteiger partial charge in [0, 0.05) is 21.8 Å². The zero-order valence-electron chi connectivity index (χ0n) is 13.8. The molecule has 118 valence electrons. The Bertz CT molecular complexity index is 304. The molecule has 0 aromatic heterocycles. The molecule has 4 heteroatoms. The molecule has 2 unspecified atom stereocenters. The Morgan fingerprint density at radius 3 is 2.60 bits per heavy atom. The summed E-state index contributed by atoms with van der Waals surface area (Å²) < 4.78 is 17.1. The van der Waals surface area contributed by atoms with Crippen molar-refractivity contribution in [3.63, 3.8) is 0 Å². The predicted octanol–water partition coefficient (Wildman–Crippen LogP) is 4.37. The van der Waals surface area contributed by atoms with Gasteiger partial charge in [-0.15, -0.1) is 0 Å². The second kappa shape index (κ2) is 8.48. The highest BCUT2D eigenvalue weighted by Gasteiger charge is 2.41. The SMILES string of the molecule is CC[C@@H]1OC(C)(C)O[C@@H]1C(C)/C=C\C[C@@H](C)CPOC. The smallest absolute Gasteiger partial charge is 0.163 e. The molecular formula is C16H31O3P. The van der Waals surface area contributed by atoms with Gasteiger partial charge in [0.15, 0.2) is 5.79 Å². The van der Waals surface area contributed by atoms with E-state index in [0.29, 0.717) is 20.6 Å². The number of hydrogen-bond donors (Lipinski definition) is 0. The molecule has 0 saturated carbocycles. The molecule has 1 fully saturated rings. The lowest BCUT2D eigenvalue weighted by Crippen LogP contribution is -2.28. The normalized spacial score (nSPS) is 29.5. The van der Waals surface area contributed by atoms with Crippen molar-refractivity contribution in [3.8, 4) is 0 Å². The van der Waals surface area contributed by atoms with Crippen molar-refractivity contribution in [2.75, 3.05) is 13.3 Å². The maximum absolute atomic E-state index is 6.04. The minimum absolute atomic E-state index is 0.169. The number of ether oxygens (including phenoxy) is 2. The molecule has 1 aliphatic heterocycles. The Hall–Kier alpha value is 0.0500. The molecule has 0 aromatic carbocycles. The highest BCUT2D eigenvalue weighted by Crippen LogP contribution is 2.34. The van der Waals surface area contributed by atoms with E-state index in [-0.39, 0.29) is 12.2 Å². The van der Waals surface area contributed by atoms with Crippen LogP contribution in [0.5, 0.6) is 0 Å². The van der Waals surface area contributed by atoms with E-state index in [0.717, 1.165) is 19.0 Å². The van der Waals surface area contributed by atoms with Gasteiger partial charge in [-0.25, -0.2) is 0 Å². The van der Waals surface area contributed by atoms with Crippen molar-refractivity contribution in [2.24, 2.45) is 11.8 Å². The highest BCUT2D eigenvalue weighted by molar-refractivity contribution is 7.32. The minimum atomic E-state index is -0.444. The molecule has 0 bridgehead atoms. The van der Waals surface area contributed by atoms with E-state index in [1.54, 1.807) is 7.11 Å². The van der Waals surface area contributed by atoms with Crippen LogP contribution in [0.2, 0.25) is 0 Å². The largest absolute Gasteiger partial charge is 0.366 e. The van der Waals surface area contributed by atoms with Gasteiger partial charge in [0.2, 0.25) is 0 Å². The van der Waals surface area contributed by atoms with Crippen molar-refractivity contribution in [3.05, 3.63) is 12.2 Å². The molecular weight excluding hydrogens is 271 g/mol. The predicted molar refractivity (Wildman–Crippen MR) is 86.4 cm³/mol. The maximum Gasteiger partial charge on any atom is 0.163 e. The summed E-state index contributed by atoms with van der Waals surface area (Å²) in [6.45, 7) is 10.6. The summed E-state index contributed by atoms with van der Waals surface area (Å²) in [4.78, 5) is 0. The van der Waals surface area contributed by atoms with Crippen LogP contribution in [0.1, 0.15) is 47.5 Å². The zero-order valence-corrected chi connectivity index (χ0v) is 14.8. The molecule has 0 aliphatic carbocycles. The summed E-state index contributed by atoms with van der Waals surface area (Å²) in [5.41, 5.74) is 0. The molecule has 1 rings (SSSR count). The monoisotopic (exact) mass is 302 g/mol. The fraction of sp³-hybridized carbons (Fsp3) is 0.875. The number of rotatable bonds is 8. The van der Waals surface area contributed by atoms with Crippen molar-refractivity contribution in [1.82, 2.24) is 0 Å². The van der Waals surface area contributed by atoms with E-state index in [2.05, 4.69) is 32.9 Å². The molecule has 1 heterocycles. The molecule has 0 amide bonds. The maximum atomic E-state index is 6.04. The van der Waals surface area contributed by atoms with Crippen LogP contribution >= 0.6 is 8.81 Å². The van der Waals surface area contributed by atoms with Crippen molar-refractivity contribution in [1.29, 1.82) is 0 Å². The molecule has 0 spiro atoms. The zero-order chi connectivity index (χ0) is 15.2. The molecule has 20 heavy (non-hydrogen) atoms. The van der Waals surface area contributed by atoms with Gasteiger partial charge in [-0.2, -0.15) is 0 Å². The minimum Gasteiger partial charge on any atom is -0.366 e. The molecule has 1 saturated heterocycles. The standard InChI is InChI=1S/C16H31O3P/c1-7-14-15(19-16(4,5)18-14)13(3)10-8-9-12(2)11-20-17-6/h8,10,12-15,20H,7,9,11H2,1-6H3/b10-8-/t12-,13?,14+,15-/m1/s1. The molecule has 0 radical (unpaired) electrons. The van der Waals surface area contributed by atoms with Gasteiger partial charge in [-0.1, -0.05) is 32.9 Å². The first-order valence-corrected chi connectivity index (χ1v) is 8.79. The summed E-state index contributed by atoms with van der Waals surface area (Å²) in [5.74, 6) is 0.620. The molecule has 0 N–H and O–H groups in total. The van der Waals surface area contributed by atoms with Crippen molar-refractivity contribution < 1.29 is 14.0 Å². The van der Waals surface area contributed by atoms with Gasteiger partial charge in [-0.05, 0) is 38.8 Å². The molecule has 3 nitrogen and oxygen atoms in total. The lowest BCUT2D eigenvalue weighted by molar-refractivity contribution is -0.148. The quantitative estimate of drug-likeness (QED) is 0.492. The Kier molecular flexibility index (Phi) is 7.68. The summed E-state index contributed by atoms with van der Waals surface area (Å²) >= 11 is 0. The summed E-state index contributed by atoms with van der Waals surface area (Å²) in [7, 11) is 2.39. The average molecular weight is 302 g/mol. The Labute approximate surface area is 126 Å². The van der Waals surface area contributed by atoms with E-state index in [1.165, 1.54) is 0 Å². The first-order chi connectivity index (χ1) is 9.39. The molecule has 5 atom stereocenters. The van der Waals surface area contributed by atoms with E-state index in [9.17, 15) is 0 Å². The lowest BCUT2D eigenvalue weighted by atomic mass is 9.97. The Morgan fingerprint density at radius 2 is 2.00 bits per heavy atom. The van der Waals surface area contributed by atoms with Gasteiger partial charge >= 0.3 is 0 Å². The summed E-state index contributed by atoms with van der Waals surface area (Å²) in [5, 5.41) is 0. The second-order valence-corrected chi connectivity index (χ2v) is 7.33. The van der Waals surface area contributed by atoms with E-state index in [4.69, 9.17) is 14.0 Å². The second-order valence-electron chi connectivity index (χ2n) is 6.23. The summed E-state index contributed by atoms with van der Waals surface area (Å²) in [6.07, 6.45) is 8.19. The van der Waals surface area contributed by atoms with Crippen LogP contribution in [0.4, 0.5) is 0 Å². The van der Waals surface area contributed by atoms with Gasteiger partial charge in [0.05, 0.1) is 12.2 Å². The summed E-state index contributed by atoms with van der Waals surface area (Å²) in [6, 6.07) is 0. The highest BCUT2D eigenvalue weighted by atomic mass is 31.1. The van der Waals surface area contributed by atoms with Crippen molar-refractivity contribution in [2.45, 2.75) is 65.5 Å². The van der Waals surface area contributed by atoms with Gasteiger partial charge in [-0.3, -0.25) is 0 Å². The van der Waals surface area contributed by atoms with Crippen LogP contribution in [0.3, 0.4) is 0 Å². The van der Waals surface area contributed by atoms with E-state index in [1.807, 2.05) is 13.8 Å². The fourth-order valence-corrected chi connectivity index (χ4v) is 3.19. The Morgan fingerprint density at radius 1 is 1.30 bits per heavy atom. The lowest BCUT2D eigenvalue weighted by Gasteiger charge is -2.20. The first-order valence-electron chi connectivity index (χ1n) is 7.67. The fourth-order valence-electron chi connectivity index (χ4n) is 2.57. The molecule has 1 aliphatic rings. The van der Waals surface area contributed by atoms with Gasteiger partial charge in [0.25, 0.3) is 0 Å². The Balaban J connectivity index is 2.43. The van der Waals surface area contributed by atoms with Crippen LogP contribution in [0.15, 0.2) is 12.2 Å². The van der Waals surface area contributed by atoms with Crippen LogP contribution in [-0.2, 0) is 14.0 Å². The average Bonchev–Trinajstić information content (AvgIpc) is 2.71. The topological polar surface area (TPSA) is 27.7 Å². The van der Waals surface area contributed by atoms with Gasteiger partial charge in [0.1, 0.15) is 0 Å². The number of hydrogen-bond acceptors (Lipinski definition) is 3. The third kappa shape index (κ3) is 5.81. The van der Waals surface area contributed by atoms with E-state index >= 15 is 0 Å². The third-order valence-corrected chi connectivity index (χ3v) is 4.85. The van der Waals surface area contributed by atoms with Crippen LogP contribution < -0.4 is 0 Å². The van der Waals surface area contributed by atoms with E-state index < -0.39 is 5.79 Å². The first kappa shape index (κ1) is 18.1. The van der Waals surface area contributed by atoms with Crippen LogP contribution in [0.25, 0.3) is 0 Å². The van der Waals surface area contributed by atoms with Crippen LogP contribution in [0, 0.1) is 11.8 Å². The third-order valence-electron chi connectivity index (χ3n) is 3.70. The van der Waals surface area contributed by atoms with Gasteiger partial charge < -0.3 is 14.0 Å². The van der Waals surface area contributed by atoms with Crippen LogP contribution in [-0.4, -0.2) is 31.3 Å².